The van der Waals surface area contributed by atoms with Crippen LogP contribution in [0.15, 0.2) is 23.2 Å². The summed E-state index contributed by atoms with van der Waals surface area (Å²) < 4.78 is 26.6. The van der Waals surface area contributed by atoms with E-state index in [1.165, 1.54) is 12.6 Å². The molecule has 0 amide bonds. The number of sulfonamides is 1. The fourth-order valence-corrected chi connectivity index (χ4v) is 3.75. The molecule has 0 aromatic carbocycles. The van der Waals surface area contributed by atoms with Crippen LogP contribution in [-0.2, 0) is 10.0 Å². The van der Waals surface area contributed by atoms with Crippen molar-refractivity contribution in [2.45, 2.75) is 37.0 Å². The van der Waals surface area contributed by atoms with Gasteiger partial charge in [0.25, 0.3) is 0 Å². The quantitative estimate of drug-likeness (QED) is 0.922. The fraction of sp³-hybridized carbons (Fsp3) is 0.615. The standard InChI is InChI=1S/C13H21N3O2S/c1-14-13-8-7-12(11-15-13)19(17,18)16-9-5-3-2-4-6-10-16/h7-8,11H,2-6,9-10H2,1H3,(H,14,15). The Bertz CT molecular complexity index is 491. The lowest BCUT2D eigenvalue weighted by molar-refractivity contribution is 0.364. The molecule has 0 atom stereocenters. The van der Waals surface area contributed by atoms with Gasteiger partial charge in [-0.2, -0.15) is 4.31 Å². The van der Waals surface area contributed by atoms with Gasteiger partial charge in [0.1, 0.15) is 10.7 Å². The van der Waals surface area contributed by atoms with Crippen LogP contribution >= 0.6 is 0 Å². The van der Waals surface area contributed by atoms with Crippen molar-refractivity contribution in [3.05, 3.63) is 18.3 Å². The Balaban J connectivity index is 2.18. The molecule has 1 aliphatic rings. The van der Waals surface area contributed by atoms with E-state index in [2.05, 4.69) is 10.3 Å². The minimum Gasteiger partial charge on any atom is -0.373 e. The molecule has 0 bridgehead atoms. The second-order valence-corrected chi connectivity index (χ2v) is 6.74. The number of anilines is 1. The second kappa shape index (κ2) is 6.34. The van der Waals surface area contributed by atoms with Crippen LogP contribution in [0.3, 0.4) is 0 Å². The van der Waals surface area contributed by atoms with Gasteiger partial charge in [0.15, 0.2) is 0 Å². The minimum absolute atomic E-state index is 0.284. The van der Waals surface area contributed by atoms with E-state index in [1.54, 1.807) is 23.5 Å². The summed E-state index contributed by atoms with van der Waals surface area (Å²) in [5.41, 5.74) is 0. The number of nitrogens with zero attached hydrogens (tertiary/aromatic N) is 2. The third-order valence-corrected chi connectivity index (χ3v) is 5.33. The number of rotatable bonds is 3. The van der Waals surface area contributed by atoms with E-state index in [4.69, 9.17) is 0 Å². The molecule has 1 saturated heterocycles. The molecule has 1 N–H and O–H groups in total. The normalized spacial score (nSPS) is 18.6. The number of aromatic nitrogens is 1. The van der Waals surface area contributed by atoms with Gasteiger partial charge in [-0.1, -0.05) is 19.3 Å². The Morgan fingerprint density at radius 3 is 2.26 bits per heavy atom. The molecule has 0 unspecified atom stereocenters. The molecule has 0 radical (unpaired) electrons. The van der Waals surface area contributed by atoms with Crippen LogP contribution in [0, 0.1) is 0 Å². The zero-order chi connectivity index (χ0) is 13.7. The minimum atomic E-state index is -3.38. The topological polar surface area (TPSA) is 62.3 Å². The van der Waals surface area contributed by atoms with Crippen molar-refractivity contribution in [1.29, 1.82) is 0 Å². The van der Waals surface area contributed by atoms with Crippen LogP contribution in [0.2, 0.25) is 0 Å². The molecule has 1 aromatic heterocycles. The van der Waals surface area contributed by atoms with Gasteiger partial charge in [-0.25, -0.2) is 13.4 Å². The highest BCUT2D eigenvalue weighted by Gasteiger charge is 2.24. The average Bonchev–Trinajstić information content (AvgIpc) is 2.38. The van der Waals surface area contributed by atoms with Crippen LogP contribution in [-0.4, -0.2) is 37.8 Å². The zero-order valence-corrected chi connectivity index (χ0v) is 12.1. The molecular formula is C13H21N3O2S. The summed E-state index contributed by atoms with van der Waals surface area (Å²) in [4.78, 5) is 4.37. The van der Waals surface area contributed by atoms with Crippen molar-refractivity contribution < 1.29 is 8.42 Å². The molecule has 106 valence electrons. The molecule has 19 heavy (non-hydrogen) atoms. The van der Waals surface area contributed by atoms with Gasteiger partial charge in [-0.3, -0.25) is 0 Å². The predicted molar refractivity (Wildman–Crippen MR) is 75.6 cm³/mol. The predicted octanol–water partition coefficient (Wildman–Crippen LogP) is 2.08. The maximum atomic E-state index is 12.5. The van der Waals surface area contributed by atoms with E-state index in [1.807, 2.05) is 0 Å². The number of hydrogen-bond acceptors (Lipinski definition) is 4. The third-order valence-electron chi connectivity index (χ3n) is 3.45. The molecule has 1 fully saturated rings. The van der Waals surface area contributed by atoms with Crippen molar-refractivity contribution in [3.63, 3.8) is 0 Å². The second-order valence-electron chi connectivity index (χ2n) is 4.80. The van der Waals surface area contributed by atoms with Gasteiger partial charge in [-0.05, 0) is 25.0 Å². The van der Waals surface area contributed by atoms with E-state index >= 15 is 0 Å². The van der Waals surface area contributed by atoms with Crippen LogP contribution in [0.25, 0.3) is 0 Å². The van der Waals surface area contributed by atoms with Crippen LogP contribution in [0.5, 0.6) is 0 Å². The van der Waals surface area contributed by atoms with Gasteiger partial charge in [-0.15, -0.1) is 0 Å². The Labute approximate surface area is 115 Å². The highest BCUT2D eigenvalue weighted by atomic mass is 32.2. The molecule has 6 heteroatoms. The summed E-state index contributed by atoms with van der Waals surface area (Å²) in [6.45, 7) is 1.24. The van der Waals surface area contributed by atoms with Gasteiger partial charge in [0.2, 0.25) is 10.0 Å². The molecule has 5 nitrogen and oxygen atoms in total. The van der Waals surface area contributed by atoms with Crippen molar-refractivity contribution in [2.75, 3.05) is 25.5 Å². The molecular weight excluding hydrogens is 262 g/mol. The smallest absolute Gasteiger partial charge is 0.244 e. The van der Waals surface area contributed by atoms with Crippen LogP contribution < -0.4 is 5.32 Å². The molecule has 1 aromatic rings. The first-order chi connectivity index (χ1) is 9.14. The van der Waals surface area contributed by atoms with E-state index < -0.39 is 10.0 Å². The SMILES string of the molecule is CNc1ccc(S(=O)(=O)N2CCCCCCC2)cn1. The molecule has 0 spiro atoms. The van der Waals surface area contributed by atoms with E-state index in [0.29, 0.717) is 18.9 Å². The van der Waals surface area contributed by atoms with E-state index in [0.717, 1.165) is 25.7 Å². The van der Waals surface area contributed by atoms with Crippen LogP contribution in [0.4, 0.5) is 5.82 Å². The molecule has 1 aliphatic heterocycles. The first kappa shape index (κ1) is 14.3. The fourth-order valence-electron chi connectivity index (χ4n) is 2.29. The Kier molecular flexibility index (Phi) is 4.76. The number of hydrogen-bond donors (Lipinski definition) is 1. The Hall–Kier alpha value is -1.14. The van der Waals surface area contributed by atoms with Crippen molar-refractivity contribution in [3.8, 4) is 0 Å². The maximum Gasteiger partial charge on any atom is 0.244 e. The first-order valence-electron chi connectivity index (χ1n) is 6.78. The van der Waals surface area contributed by atoms with E-state index in [9.17, 15) is 8.42 Å². The lowest BCUT2D eigenvalue weighted by Crippen LogP contribution is -2.33. The third kappa shape index (κ3) is 3.45. The van der Waals surface area contributed by atoms with Crippen LogP contribution in [0.1, 0.15) is 32.1 Å². The first-order valence-corrected chi connectivity index (χ1v) is 8.22. The van der Waals surface area contributed by atoms with Gasteiger partial charge in [0.05, 0.1) is 0 Å². The monoisotopic (exact) mass is 283 g/mol. The lowest BCUT2D eigenvalue weighted by Gasteiger charge is -2.24. The summed E-state index contributed by atoms with van der Waals surface area (Å²) in [5.74, 6) is 0.673. The van der Waals surface area contributed by atoms with Crippen molar-refractivity contribution in [2.24, 2.45) is 0 Å². The highest BCUT2D eigenvalue weighted by molar-refractivity contribution is 7.89. The molecule has 0 saturated carbocycles. The number of nitrogens with one attached hydrogen (secondary N) is 1. The maximum absolute atomic E-state index is 12.5. The largest absolute Gasteiger partial charge is 0.373 e. The van der Waals surface area contributed by atoms with E-state index in [-0.39, 0.29) is 4.90 Å². The van der Waals surface area contributed by atoms with Gasteiger partial charge >= 0.3 is 0 Å². The zero-order valence-electron chi connectivity index (χ0n) is 11.3. The molecule has 0 aliphatic carbocycles. The molecule has 2 heterocycles. The lowest BCUT2D eigenvalue weighted by atomic mass is 10.1. The van der Waals surface area contributed by atoms with Crippen molar-refractivity contribution in [1.82, 2.24) is 9.29 Å². The average molecular weight is 283 g/mol. The summed E-state index contributed by atoms with van der Waals surface area (Å²) in [6.07, 6.45) is 6.76. The summed E-state index contributed by atoms with van der Waals surface area (Å²) >= 11 is 0. The van der Waals surface area contributed by atoms with Gasteiger partial charge < -0.3 is 5.32 Å². The summed E-state index contributed by atoms with van der Waals surface area (Å²) in [6, 6.07) is 3.31. The summed E-state index contributed by atoms with van der Waals surface area (Å²) in [5, 5.41) is 2.88. The Morgan fingerprint density at radius 2 is 1.74 bits per heavy atom. The molecule has 2 rings (SSSR count). The summed E-state index contributed by atoms with van der Waals surface area (Å²) in [7, 11) is -1.62. The van der Waals surface area contributed by atoms with Gasteiger partial charge in [0, 0.05) is 26.3 Å². The Morgan fingerprint density at radius 1 is 1.11 bits per heavy atom. The van der Waals surface area contributed by atoms with Crippen molar-refractivity contribution >= 4 is 15.8 Å². The highest BCUT2D eigenvalue weighted by Crippen LogP contribution is 2.20. The number of pyridine rings is 1.